The number of aryl methyl sites for hydroxylation is 1. The first-order chi connectivity index (χ1) is 12.1. The van der Waals surface area contributed by atoms with E-state index in [0.717, 1.165) is 36.3 Å². The molecule has 2 atom stereocenters. The minimum Gasteiger partial charge on any atom is -0.493 e. The first kappa shape index (κ1) is 15.9. The highest BCUT2D eigenvalue weighted by Gasteiger charge is 2.43. The molecule has 1 amide bonds. The Morgan fingerprint density at radius 3 is 2.76 bits per heavy atom. The van der Waals surface area contributed by atoms with Crippen LogP contribution < -0.4 is 9.47 Å². The van der Waals surface area contributed by atoms with Crippen molar-refractivity contribution in [3.05, 3.63) is 47.0 Å². The molecule has 0 N–H and O–H groups in total. The molecule has 1 aromatic heterocycles. The molecule has 3 heterocycles. The summed E-state index contributed by atoms with van der Waals surface area (Å²) in [5.41, 5.74) is 2.80. The molecular formula is C19H21N3O3. The smallest absolute Gasteiger partial charge is 0.254 e. The Kier molecular flexibility index (Phi) is 3.82. The molecule has 2 aliphatic rings. The number of carbonyl (C=O) groups is 1. The fraction of sp³-hybridized carbons (Fsp3) is 0.421. The summed E-state index contributed by atoms with van der Waals surface area (Å²) < 4.78 is 10.6. The van der Waals surface area contributed by atoms with Crippen molar-refractivity contribution in [1.82, 2.24) is 14.9 Å². The number of ether oxygens (including phenoxy) is 2. The van der Waals surface area contributed by atoms with Gasteiger partial charge in [-0.15, -0.1) is 0 Å². The van der Waals surface area contributed by atoms with Gasteiger partial charge in [0, 0.05) is 29.8 Å². The SMILES string of the molecule is COc1ccc(C(=O)N2[C@H]3CC[C@@H]2c2cnc(C)nc2C3)cc1OC. The maximum Gasteiger partial charge on any atom is 0.254 e. The molecule has 25 heavy (non-hydrogen) atoms. The van der Waals surface area contributed by atoms with E-state index in [-0.39, 0.29) is 18.0 Å². The van der Waals surface area contributed by atoms with Crippen LogP contribution in [0.4, 0.5) is 0 Å². The molecule has 1 aromatic carbocycles. The van der Waals surface area contributed by atoms with Gasteiger partial charge < -0.3 is 14.4 Å². The third kappa shape index (κ3) is 2.52. The zero-order valence-corrected chi connectivity index (χ0v) is 14.7. The Morgan fingerprint density at radius 2 is 2.00 bits per heavy atom. The maximum absolute atomic E-state index is 13.2. The number of hydrogen-bond acceptors (Lipinski definition) is 5. The Labute approximate surface area is 146 Å². The minimum absolute atomic E-state index is 0.0275. The summed E-state index contributed by atoms with van der Waals surface area (Å²) in [7, 11) is 3.16. The van der Waals surface area contributed by atoms with Crippen molar-refractivity contribution in [1.29, 1.82) is 0 Å². The first-order valence-corrected chi connectivity index (χ1v) is 8.49. The average Bonchev–Trinajstić information content (AvgIpc) is 2.95. The molecule has 130 valence electrons. The van der Waals surface area contributed by atoms with Gasteiger partial charge in [-0.05, 0) is 38.0 Å². The van der Waals surface area contributed by atoms with E-state index in [2.05, 4.69) is 9.97 Å². The van der Waals surface area contributed by atoms with Gasteiger partial charge >= 0.3 is 0 Å². The summed E-state index contributed by atoms with van der Waals surface area (Å²) in [6, 6.07) is 5.59. The largest absolute Gasteiger partial charge is 0.493 e. The lowest BCUT2D eigenvalue weighted by atomic mass is 9.98. The highest BCUT2D eigenvalue weighted by Crippen LogP contribution is 2.44. The summed E-state index contributed by atoms with van der Waals surface area (Å²) in [5, 5.41) is 0. The lowest BCUT2D eigenvalue weighted by molar-refractivity contribution is 0.0643. The number of amides is 1. The van der Waals surface area contributed by atoms with Crippen molar-refractivity contribution in [3.8, 4) is 11.5 Å². The number of aromatic nitrogens is 2. The Balaban J connectivity index is 1.69. The molecule has 0 spiro atoms. The first-order valence-electron chi connectivity index (χ1n) is 8.49. The zero-order chi connectivity index (χ0) is 17.6. The van der Waals surface area contributed by atoms with Gasteiger partial charge in [-0.3, -0.25) is 4.79 Å². The highest BCUT2D eigenvalue weighted by atomic mass is 16.5. The second kappa shape index (κ2) is 6.02. The molecule has 1 fully saturated rings. The molecular weight excluding hydrogens is 318 g/mol. The van der Waals surface area contributed by atoms with E-state index in [0.29, 0.717) is 17.1 Å². The van der Waals surface area contributed by atoms with Gasteiger partial charge in [-0.25, -0.2) is 9.97 Å². The summed E-state index contributed by atoms with van der Waals surface area (Å²) in [5.74, 6) is 2.00. The lowest BCUT2D eigenvalue weighted by Crippen LogP contribution is -2.42. The van der Waals surface area contributed by atoms with Crippen LogP contribution in [0.3, 0.4) is 0 Å². The quantitative estimate of drug-likeness (QED) is 0.860. The van der Waals surface area contributed by atoms with Crippen LogP contribution in [0.5, 0.6) is 11.5 Å². The topological polar surface area (TPSA) is 64.5 Å². The van der Waals surface area contributed by atoms with Gasteiger partial charge in [0.2, 0.25) is 0 Å². The van der Waals surface area contributed by atoms with Crippen LogP contribution in [-0.4, -0.2) is 41.0 Å². The van der Waals surface area contributed by atoms with Gasteiger partial charge in [-0.1, -0.05) is 0 Å². The normalized spacial score (nSPS) is 21.0. The molecule has 0 aliphatic carbocycles. The van der Waals surface area contributed by atoms with Crippen molar-refractivity contribution in [3.63, 3.8) is 0 Å². The predicted octanol–water partition coefficient (Wildman–Crippen LogP) is 2.70. The highest BCUT2D eigenvalue weighted by molar-refractivity contribution is 5.95. The van der Waals surface area contributed by atoms with E-state index in [1.54, 1.807) is 32.4 Å². The molecule has 1 saturated heterocycles. The van der Waals surface area contributed by atoms with E-state index in [1.165, 1.54) is 0 Å². The monoisotopic (exact) mass is 339 g/mol. The third-order valence-corrected chi connectivity index (χ3v) is 5.18. The van der Waals surface area contributed by atoms with E-state index in [1.807, 2.05) is 18.0 Å². The summed E-state index contributed by atoms with van der Waals surface area (Å²) >= 11 is 0. The van der Waals surface area contributed by atoms with E-state index in [9.17, 15) is 4.79 Å². The third-order valence-electron chi connectivity index (χ3n) is 5.18. The molecule has 2 aromatic rings. The fourth-order valence-corrected chi connectivity index (χ4v) is 4.01. The van der Waals surface area contributed by atoms with Gasteiger partial charge in [0.15, 0.2) is 11.5 Å². The number of fused-ring (bicyclic) bond motifs is 4. The van der Waals surface area contributed by atoms with E-state index >= 15 is 0 Å². The number of hydrogen-bond donors (Lipinski definition) is 0. The number of nitrogens with zero attached hydrogens (tertiary/aromatic N) is 3. The zero-order valence-electron chi connectivity index (χ0n) is 14.7. The minimum atomic E-state index is 0.0275. The van der Waals surface area contributed by atoms with Gasteiger partial charge in [-0.2, -0.15) is 0 Å². The average molecular weight is 339 g/mol. The summed E-state index contributed by atoms with van der Waals surface area (Å²) in [6.07, 6.45) is 4.65. The fourth-order valence-electron chi connectivity index (χ4n) is 4.01. The number of rotatable bonds is 3. The molecule has 0 saturated carbocycles. The molecule has 2 bridgehead atoms. The lowest BCUT2D eigenvalue weighted by Gasteiger charge is -2.35. The van der Waals surface area contributed by atoms with Crippen LogP contribution in [0, 0.1) is 6.92 Å². The van der Waals surface area contributed by atoms with Gasteiger partial charge in [0.1, 0.15) is 5.82 Å². The standard InChI is InChI=1S/C19H21N3O3/c1-11-20-10-14-15(21-11)9-13-5-6-16(14)22(13)19(23)12-4-7-17(24-2)18(8-12)25-3/h4,7-8,10,13,16H,5-6,9H2,1-3H3/t13-,16+/m0/s1. The van der Waals surface area contributed by atoms with Crippen LogP contribution in [0.25, 0.3) is 0 Å². The molecule has 2 aliphatic heterocycles. The van der Waals surface area contributed by atoms with Crippen molar-refractivity contribution >= 4 is 5.91 Å². The maximum atomic E-state index is 13.2. The van der Waals surface area contributed by atoms with E-state index < -0.39 is 0 Å². The van der Waals surface area contributed by atoms with Crippen molar-refractivity contribution in [2.45, 2.75) is 38.3 Å². The molecule has 6 nitrogen and oxygen atoms in total. The Morgan fingerprint density at radius 1 is 1.20 bits per heavy atom. The molecule has 4 rings (SSSR count). The van der Waals surface area contributed by atoms with Gasteiger partial charge in [0.25, 0.3) is 5.91 Å². The second-order valence-electron chi connectivity index (χ2n) is 6.55. The molecule has 0 unspecified atom stereocenters. The number of benzene rings is 1. The van der Waals surface area contributed by atoms with Crippen LogP contribution in [0.15, 0.2) is 24.4 Å². The van der Waals surface area contributed by atoms with Crippen molar-refractivity contribution < 1.29 is 14.3 Å². The van der Waals surface area contributed by atoms with Crippen LogP contribution >= 0.6 is 0 Å². The number of methoxy groups -OCH3 is 2. The van der Waals surface area contributed by atoms with Crippen LogP contribution in [0.1, 0.15) is 46.3 Å². The van der Waals surface area contributed by atoms with Crippen LogP contribution in [0.2, 0.25) is 0 Å². The van der Waals surface area contributed by atoms with Crippen molar-refractivity contribution in [2.75, 3.05) is 14.2 Å². The molecule has 0 radical (unpaired) electrons. The van der Waals surface area contributed by atoms with Crippen LogP contribution in [-0.2, 0) is 6.42 Å². The predicted molar refractivity (Wildman–Crippen MR) is 92.0 cm³/mol. The second-order valence-corrected chi connectivity index (χ2v) is 6.55. The Hall–Kier alpha value is -2.63. The Bertz CT molecular complexity index is 837. The number of carbonyl (C=O) groups excluding carboxylic acids is 1. The van der Waals surface area contributed by atoms with E-state index in [4.69, 9.17) is 9.47 Å². The molecule has 6 heteroatoms. The summed E-state index contributed by atoms with van der Waals surface area (Å²) in [6.45, 7) is 1.91. The van der Waals surface area contributed by atoms with Gasteiger partial charge in [0.05, 0.1) is 26.0 Å². The van der Waals surface area contributed by atoms with Crippen molar-refractivity contribution in [2.24, 2.45) is 0 Å². The summed E-state index contributed by atoms with van der Waals surface area (Å²) in [4.78, 5) is 24.1.